The first-order valence-corrected chi connectivity index (χ1v) is 10.4. The fourth-order valence-electron chi connectivity index (χ4n) is 3.36. The van der Waals surface area contributed by atoms with E-state index in [9.17, 15) is 13.2 Å². The molecule has 0 unspecified atom stereocenters. The van der Waals surface area contributed by atoms with E-state index in [1.165, 1.54) is 23.6 Å². The van der Waals surface area contributed by atoms with Crippen LogP contribution in [0.4, 0.5) is 0 Å². The molecule has 134 valence electrons. The van der Waals surface area contributed by atoms with Crippen molar-refractivity contribution in [3.63, 3.8) is 0 Å². The summed E-state index contributed by atoms with van der Waals surface area (Å²) in [6, 6.07) is -0.344. The minimum absolute atomic E-state index is 0.146. The Morgan fingerprint density at radius 3 is 2.75 bits per heavy atom. The summed E-state index contributed by atoms with van der Waals surface area (Å²) >= 11 is 0. The van der Waals surface area contributed by atoms with Gasteiger partial charge >= 0.3 is 0 Å². The van der Waals surface area contributed by atoms with Crippen molar-refractivity contribution in [1.29, 1.82) is 0 Å². The lowest BCUT2D eigenvalue weighted by Gasteiger charge is -2.32. The molecule has 1 aliphatic carbocycles. The molecule has 8 heteroatoms. The summed E-state index contributed by atoms with van der Waals surface area (Å²) in [6.45, 7) is 5.36. The van der Waals surface area contributed by atoms with Crippen molar-refractivity contribution in [2.75, 3.05) is 18.8 Å². The van der Waals surface area contributed by atoms with Crippen LogP contribution in [0.1, 0.15) is 61.9 Å². The van der Waals surface area contributed by atoms with Crippen molar-refractivity contribution in [3.05, 3.63) is 17.7 Å². The van der Waals surface area contributed by atoms with Crippen LogP contribution in [-0.2, 0) is 16.6 Å². The zero-order valence-electron chi connectivity index (χ0n) is 14.4. The quantitative estimate of drug-likeness (QED) is 0.840. The fraction of sp³-hybridized carbons (Fsp3) is 0.750. The maximum atomic E-state index is 12.4. The molecule has 0 radical (unpaired) electrons. The van der Waals surface area contributed by atoms with Crippen molar-refractivity contribution < 1.29 is 13.2 Å². The van der Waals surface area contributed by atoms with Gasteiger partial charge in [-0.2, -0.15) is 4.31 Å². The van der Waals surface area contributed by atoms with Crippen LogP contribution in [-0.4, -0.2) is 47.0 Å². The number of carbonyl (C=O) groups excluding carboxylic acids is 1. The lowest BCUT2D eigenvalue weighted by molar-refractivity contribution is 0.0934. The first kappa shape index (κ1) is 17.4. The Labute approximate surface area is 143 Å². The monoisotopic (exact) mass is 354 g/mol. The normalized spacial score (nSPS) is 22.0. The number of fused-ring (bicyclic) bond motifs is 1. The van der Waals surface area contributed by atoms with Crippen LogP contribution >= 0.6 is 0 Å². The van der Waals surface area contributed by atoms with E-state index in [1.54, 1.807) is 6.20 Å². The van der Waals surface area contributed by atoms with E-state index in [2.05, 4.69) is 10.3 Å². The van der Waals surface area contributed by atoms with E-state index in [0.717, 1.165) is 0 Å². The van der Waals surface area contributed by atoms with Crippen molar-refractivity contribution in [3.8, 4) is 0 Å². The SMILES string of the molecule is CCCS(=O)(=O)N1CCn2cc(C(=O)NCC3CCC3)nc2[C@H]1C. The minimum Gasteiger partial charge on any atom is -0.350 e. The highest BCUT2D eigenvalue weighted by molar-refractivity contribution is 7.89. The first-order chi connectivity index (χ1) is 11.4. The number of nitrogens with zero attached hydrogens (tertiary/aromatic N) is 3. The number of rotatable bonds is 6. The zero-order chi connectivity index (χ0) is 17.3. The Balaban J connectivity index is 1.72. The van der Waals surface area contributed by atoms with Crippen molar-refractivity contribution in [1.82, 2.24) is 19.2 Å². The molecule has 24 heavy (non-hydrogen) atoms. The van der Waals surface area contributed by atoms with E-state index in [-0.39, 0.29) is 17.7 Å². The molecule has 1 N–H and O–H groups in total. The van der Waals surface area contributed by atoms with Crippen molar-refractivity contribution in [2.45, 2.75) is 52.1 Å². The summed E-state index contributed by atoms with van der Waals surface area (Å²) in [6.07, 6.45) is 5.95. The van der Waals surface area contributed by atoms with E-state index in [0.29, 0.717) is 43.5 Å². The summed E-state index contributed by atoms with van der Waals surface area (Å²) in [5.41, 5.74) is 0.380. The second-order valence-corrected chi connectivity index (χ2v) is 8.83. The summed E-state index contributed by atoms with van der Waals surface area (Å²) in [5.74, 6) is 1.22. The Kier molecular flexibility index (Phi) is 4.96. The number of hydrogen-bond donors (Lipinski definition) is 1. The molecule has 1 saturated carbocycles. The van der Waals surface area contributed by atoms with Gasteiger partial charge in [-0.25, -0.2) is 13.4 Å². The molecule has 1 aliphatic heterocycles. The standard InChI is InChI=1S/C16H26N4O3S/c1-3-9-24(22,23)20-8-7-19-11-14(18-15(19)12(20)2)16(21)17-10-13-5-4-6-13/h11-13H,3-10H2,1-2H3,(H,17,21)/t12-/m1/s1. The summed E-state index contributed by atoms with van der Waals surface area (Å²) in [7, 11) is -3.27. The highest BCUT2D eigenvalue weighted by Gasteiger charge is 2.34. The zero-order valence-corrected chi connectivity index (χ0v) is 15.2. The molecule has 1 atom stereocenters. The second-order valence-electron chi connectivity index (χ2n) is 6.79. The maximum absolute atomic E-state index is 12.4. The number of sulfonamides is 1. The highest BCUT2D eigenvalue weighted by atomic mass is 32.2. The molecule has 7 nitrogen and oxygen atoms in total. The lowest BCUT2D eigenvalue weighted by atomic mass is 9.85. The Bertz CT molecular complexity index is 709. The average Bonchev–Trinajstić information content (AvgIpc) is 2.90. The van der Waals surface area contributed by atoms with Crippen LogP contribution in [0.15, 0.2) is 6.20 Å². The Morgan fingerprint density at radius 1 is 1.38 bits per heavy atom. The number of carbonyl (C=O) groups is 1. The summed E-state index contributed by atoms with van der Waals surface area (Å²) < 4.78 is 28.2. The van der Waals surface area contributed by atoms with Crippen LogP contribution in [0.5, 0.6) is 0 Å². The lowest BCUT2D eigenvalue weighted by Crippen LogP contribution is -2.42. The minimum atomic E-state index is -3.27. The van der Waals surface area contributed by atoms with Gasteiger partial charge in [0.1, 0.15) is 11.5 Å². The van der Waals surface area contributed by atoms with Crippen LogP contribution in [0.2, 0.25) is 0 Å². The van der Waals surface area contributed by atoms with E-state index >= 15 is 0 Å². The fourth-order valence-corrected chi connectivity index (χ4v) is 5.05. The largest absolute Gasteiger partial charge is 0.350 e. The van der Waals surface area contributed by atoms with Gasteiger partial charge in [0.2, 0.25) is 10.0 Å². The molecular formula is C16H26N4O3S. The molecular weight excluding hydrogens is 328 g/mol. The second kappa shape index (κ2) is 6.84. The van der Waals surface area contributed by atoms with Gasteiger partial charge in [0.15, 0.2) is 0 Å². The van der Waals surface area contributed by atoms with E-state index in [4.69, 9.17) is 0 Å². The maximum Gasteiger partial charge on any atom is 0.271 e. The predicted molar refractivity (Wildman–Crippen MR) is 91.1 cm³/mol. The number of nitrogens with one attached hydrogen (secondary N) is 1. The molecule has 1 aromatic heterocycles. The third-order valence-electron chi connectivity index (χ3n) is 5.00. The predicted octanol–water partition coefficient (Wildman–Crippen LogP) is 1.53. The van der Waals surface area contributed by atoms with Gasteiger partial charge in [-0.05, 0) is 32.1 Å². The third kappa shape index (κ3) is 3.35. The summed E-state index contributed by atoms with van der Waals surface area (Å²) in [5, 5.41) is 2.94. The Hall–Kier alpha value is -1.41. The number of aromatic nitrogens is 2. The van der Waals surface area contributed by atoms with Gasteiger partial charge in [0.05, 0.1) is 11.8 Å². The number of imidazole rings is 1. The topological polar surface area (TPSA) is 84.3 Å². The van der Waals surface area contributed by atoms with Gasteiger partial charge in [-0.15, -0.1) is 0 Å². The molecule has 1 fully saturated rings. The molecule has 0 spiro atoms. The third-order valence-corrected chi connectivity index (χ3v) is 7.14. The number of amides is 1. The van der Waals surface area contributed by atoms with E-state index in [1.807, 2.05) is 18.4 Å². The molecule has 3 rings (SSSR count). The van der Waals surface area contributed by atoms with Gasteiger partial charge in [-0.1, -0.05) is 13.3 Å². The van der Waals surface area contributed by atoms with Gasteiger partial charge in [0, 0.05) is 25.8 Å². The van der Waals surface area contributed by atoms with E-state index < -0.39 is 10.0 Å². The van der Waals surface area contributed by atoms with Crippen LogP contribution in [0.3, 0.4) is 0 Å². The number of hydrogen-bond acceptors (Lipinski definition) is 4. The first-order valence-electron chi connectivity index (χ1n) is 8.77. The van der Waals surface area contributed by atoms with Crippen molar-refractivity contribution in [2.24, 2.45) is 5.92 Å². The molecule has 1 amide bonds. The molecule has 1 aromatic rings. The smallest absolute Gasteiger partial charge is 0.271 e. The van der Waals surface area contributed by atoms with Crippen LogP contribution < -0.4 is 5.32 Å². The van der Waals surface area contributed by atoms with Crippen LogP contribution in [0, 0.1) is 5.92 Å². The van der Waals surface area contributed by atoms with Crippen molar-refractivity contribution >= 4 is 15.9 Å². The highest BCUT2D eigenvalue weighted by Crippen LogP contribution is 2.28. The van der Waals surface area contributed by atoms with Gasteiger partial charge < -0.3 is 9.88 Å². The average molecular weight is 354 g/mol. The summed E-state index contributed by atoms with van der Waals surface area (Å²) in [4.78, 5) is 16.7. The molecule has 0 bridgehead atoms. The van der Waals surface area contributed by atoms with Gasteiger partial charge in [-0.3, -0.25) is 4.79 Å². The molecule has 0 saturated heterocycles. The molecule has 0 aromatic carbocycles. The molecule has 2 aliphatic rings. The molecule has 2 heterocycles. The van der Waals surface area contributed by atoms with Gasteiger partial charge in [0.25, 0.3) is 5.91 Å². The Morgan fingerprint density at radius 2 is 2.12 bits per heavy atom. The van der Waals surface area contributed by atoms with Crippen LogP contribution in [0.25, 0.3) is 0 Å².